The van der Waals surface area contributed by atoms with Crippen molar-refractivity contribution < 1.29 is 4.79 Å². The normalized spacial score (nSPS) is 11.5. The van der Waals surface area contributed by atoms with Gasteiger partial charge in [0.25, 0.3) is 5.56 Å². The molecule has 0 aliphatic rings. The fraction of sp³-hybridized carbons (Fsp3) is 0.400. The Balaban J connectivity index is 1.77. The Morgan fingerprint density at radius 2 is 1.79 bits per heavy atom. The second kappa shape index (κ2) is 9.62. The summed E-state index contributed by atoms with van der Waals surface area (Å²) in [7, 11) is 0. The third-order valence-corrected chi connectivity index (χ3v) is 6.09. The van der Waals surface area contributed by atoms with Crippen LogP contribution in [0.5, 0.6) is 0 Å². The number of aromatic nitrogens is 6. The van der Waals surface area contributed by atoms with Crippen LogP contribution in [0.25, 0.3) is 22.7 Å². The molecule has 0 atom stereocenters. The van der Waals surface area contributed by atoms with Crippen molar-refractivity contribution in [3.8, 4) is 11.6 Å². The molecule has 9 nitrogen and oxygen atoms in total. The molecule has 3 aromatic heterocycles. The van der Waals surface area contributed by atoms with Crippen LogP contribution in [0, 0.1) is 26.7 Å². The van der Waals surface area contributed by atoms with Gasteiger partial charge in [-0.2, -0.15) is 19.9 Å². The van der Waals surface area contributed by atoms with Gasteiger partial charge in [-0.25, -0.2) is 4.68 Å². The SMILES string of the molecule is CCCC(CCC)C(=O)Nc1cc(C)nn1-c1nc2c(cnn2-c2ccc(C)c(C)c2)c(=O)[nH]1. The van der Waals surface area contributed by atoms with E-state index in [4.69, 9.17) is 0 Å². The van der Waals surface area contributed by atoms with Gasteiger partial charge in [-0.05, 0) is 56.9 Å². The Morgan fingerprint density at radius 1 is 1.06 bits per heavy atom. The minimum atomic E-state index is -0.324. The summed E-state index contributed by atoms with van der Waals surface area (Å²) < 4.78 is 3.12. The fourth-order valence-electron chi connectivity index (χ4n) is 4.14. The van der Waals surface area contributed by atoms with Crippen molar-refractivity contribution in [1.29, 1.82) is 0 Å². The maximum absolute atomic E-state index is 13.0. The number of rotatable bonds is 8. The molecule has 0 aliphatic heterocycles. The molecule has 4 rings (SSSR count). The van der Waals surface area contributed by atoms with Gasteiger partial charge >= 0.3 is 0 Å². The van der Waals surface area contributed by atoms with Crippen LogP contribution >= 0.6 is 0 Å². The zero-order chi connectivity index (χ0) is 24.4. The van der Waals surface area contributed by atoms with Crippen molar-refractivity contribution in [1.82, 2.24) is 29.5 Å². The van der Waals surface area contributed by atoms with E-state index in [1.165, 1.54) is 16.4 Å². The van der Waals surface area contributed by atoms with Gasteiger partial charge in [-0.15, -0.1) is 0 Å². The van der Waals surface area contributed by atoms with E-state index in [0.717, 1.165) is 36.9 Å². The van der Waals surface area contributed by atoms with Crippen molar-refractivity contribution in [2.24, 2.45) is 5.92 Å². The molecule has 1 amide bonds. The zero-order valence-electron chi connectivity index (χ0n) is 20.3. The molecule has 3 heterocycles. The van der Waals surface area contributed by atoms with Gasteiger partial charge in [0.15, 0.2) is 5.65 Å². The molecule has 4 aromatic rings. The van der Waals surface area contributed by atoms with Gasteiger partial charge in [0.05, 0.1) is 17.6 Å². The molecule has 0 bridgehead atoms. The van der Waals surface area contributed by atoms with E-state index in [1.54, 1.807) is 10.7 Å². The van der Waals surface area contributed by atoms with E-state index < -0.39 is 0 Å². The predicted octanol–water partition coefficient (Wildman–Crippen LogP) is 4.37. The Hall–Kier alpha value is -3.75. The highest BCUT2D eigenvalue weighted by atomic mass is 16.2. The number of carbonyl (C=O) groups is 1. The van der Waals surface area contributed by atoms with Crippen LogP contribution in [0.2, 0.25) is 0 Å². The summed E-state index contributed by atoms with van der Waals surface area (Å²) >= 11 is 0. The molecule has 9 heteroatoms. The Bertz CT molecular complexity index is 1390. The first-order valence-electron chi connectivity index (χ1n) is 11.8. The molecule has 178 valence electrons. The molecule has 34 heavy (non-hydrogen) atoms. The first-order valence-corrected chi connectivity index (χ1v) is 11.8. The Kier molecular flexibility index (Phi) is 6.63. The number of hydrogen-bond acceptors (Lipinski definition) is 5. The summed E-state index contributed by atoms with van der Waals surface area (Å²) in [6, 6.07) is 7.75. The summed E-state index contributed by atoms with van der Waals surface area (Å²) in [6.07, 6.45) is 5.03. The minimum Gasteiger partial charge on any atom is -0.310 e. The highest BCUT2D eigenvalue weighted by Crippen LogP contribution is 2.21. The number of aromatic amines is 1. The molecule has 0 spiro atoms. The van der Waals surface area contributed by atoms with Gasteiger partial charge < -0.3 is 5.32 Å². The highest BCUT2D eigenvalue weighted by Gasteiger charge is 2.21. The molecule has 1 aromatic carbocycles. The molecule has 0 saturated heterocycles. The summed E-state index contributed by atoms with van der Waals surface area (Å²) in [4.78, 5) is 33.3. The summed E-state index contributed by atoms with van der Waals surface area (Å²) in [5.74, 6) is 0.571. The zero-order valence-corrected chi connectivity index (χ0v) is 20.3. The lowest BCUT2D eigenvalue weighted by molar-refractivity contribution is -0.120. The monoisotopic (exact) mass is 461 g/mol. The molecular weight excluding hydrogens is 430 g/mol. The summed E-state index contributed by atoms with van der Waals surface area (Å²) in [5, 5.41) is 12.3. The van der Waals surface area contributed by atoms with Crippen LogP contribution in [0.1, 0.15) is 56.4 Å². The quantitative estimate of drug-likeness (QED) is 0.405. The third kappa shape index (κ3) is 4.50. The molecular formula is C25H31N7O2. The van der Waals surface area contributed by atoms with Gasteiger partial charge in [0.1, 0.15) is 11.2 Å². The number of hydrogen-bond donors (Lipinski definition) is 2. The van der Waals surface area contributed by atoms with Crippen LogP contribution in [0.15, 0.2) is 35.3 Å². The lowest BCUT2D eigenvalue weighted by Crippen LogP contribution is -2.25. The molecule has 0 aliphatic carbocycles. The lowest BCUT2D eigenvalue weighted by atomic mass is 9.97. The number of fused-ring (bicyclic) bond motifs is 1. The van der Waals surface area contributed by atoms with Crippen LogP contribution in [-0.4, -0.2) is 35.4 Å². The smallest absolute Gasteiger partial charge is 0.263 e. The standard InChI is InChI=1S/C25H31N7O2/c1-6-8-18(9-7-2)23(33)27-21-13-17(5)30-32(21)25-28-22-20(24(34)29-25)14-26-31(22)19-11-10-15(3)16(4)12-19/h10-14,18H,6-9H2,1-5H3,(H,27,33)(H,28,29,34). The van der Waals surface area contributed by atoms with Crippen LogP contribution in [0.4, 0.5) is 5.82 Å². The Morgan fingerprint density at radius 3 is 2.47 bits per heavy atom. The maximum Gasteiger partial charge on any atom is 0.263 e. The predicted molar refractivity (Wildman–Crippen MR) is 133 cm³/mol. The molecule has 2 N–H and O–H groups in total. The number of nitrogens with one attached hydrogen (secondary N) is 2. The minimum absolute atomic E-state index is 0.0477. The second-order valence-corrected chi connectivity index (χ2v) is 8.80. The number of anilines is 1. The average molecular weight is 462 g/mol. The third-order valence-electron chi connectivity index (χ3n) is 6.09. The first kappa shape index (κ1) is 23.4. The largest absolute Gasteiger partial charge is 0.310 e. The maximum atomic E-state index is 13.0. The molecule has 0 saturated carbocycles. The Labute approximate surface area is 198 Å². The number of carbonyl (C=O) groups excluding carboxylic acids is 1. The van der Waals surface area contributed by atoms with Crippen molar-refractivity contribution >= 4 is 22.8 Å². The molecule has 0 fully saturated rings. The average Bonchev–Trinajstić information content (AvgIpc) is 3.39. The highest BCUT2D eigenvalue weighted by molar-refractivity contribution is 5.92. The number of nitrogens with zero attached hydrogens (tertiary/aromatic N) is 5. The van der Waals surface area contributed by atoms with Crippen molar-refractivity contribution in [3.05, 3.63) is 57.6 Å². The number of benzene rings is 1. The van der Waals surface area contributed by atoms with E-state index >= 15 is 0 Å². The van der Waals surface area contributed by atoms with Crippen molar-refractivity contribution in [2.75, 3.05) is 5.32 Å². The topological polar surface area (TPSA) is 110 Å². The van der Waals surface area contributed by atoms with E-state index in [2.05, 4.69) is 39.3 Å². The van der Waals surface area contributed by atoms with Crippen LogP contribution in [-0.2, 0) is 4.79 Å². The number of aryl methyl sites for hydroxylation is 3. The van der Waals surface area contributed by atoms with E-state index in [0.29, 0.717) is 22.5 Å². The van der Waals surface area contributed by atoms with E-state index in [1.807, 2.05) is 39.0 Å². The van der Waals surface area contributed by atoms with Gasteiger partial charge in [0.2, 0.25) is 11.9 Å². The van der Waals surface area contributed by atoms with Crippen molar-refractivity contribution in [3.63, 3.8) is 0 Å². The van der Waals surface area contributed by atoms with Gasteiger partial charge in [-0.3, -0.25) is 14.6 Å². The second-order valence-electron chi connectivity index (χ2n) is 8.80. The van der Waals surface area contributed by atoms with Crippen molar-refractivity contribution in [2.45, 2.75) is 60.3 Å². The first-order chi connectivity index (χ1) is 16.3. The number of H-pyrrole nitrogens is 1. The van der Waals surface area contributed by atoms with Crippen LogP contribution in [0.3, 0.4) is 0 Å². The fourth-order valence-corrected chi connectivity index (χ4v) is 4.14. The number of amides is 1. The summed E-state index contributed by atoms with van der Waals surface area (Å²) in [6.45, 7) is 10.1. The van der Waals surface area contributed by atoms with Gasteiger partial charge in [0, 0.05) is 12.0 Å². The van der Waals surface area contributed by atoms with Gasteiger partial charge in [-0.1, -0.05) is 32.8 Å². The lowest BCUT2D eigenvalue weighted by Gasteiger charge is -2.15. The van der Waals surface area contributed by atoms with Crippen LogP contribution < -0.4 is 10.9 Å². The molecule has 0 unspecified atom stereocenters. The van der Waals surface area contributed by atoms with E-state index in [-0.39, 0.29) is 23.3 Å². The molecule has 0 radical (unpaired) electrons. The summed E-state index contributed by atoms with van der Waals surface area (Å²) in [5.41, 5.74) is 3.89. The van der Waals surface area contributed by atoms with E-state index in [9.17, 15) is 9.59 Å².